The van der Waals surface area contributed by atoms with Gasteiger partial charge in [0.05, 0.1) is 46.5 Å². The van der Waals surface area contributed by atoms with Crippen molar-refractivity contribution in [2.75, 3.05) is 47.5 Å². The molecule has 0 aliphatic carbocycles. The minimum atomic E-state index is -4.77. The molecule has 1 rings (SSSR count). The molecule has 1 heterocycles. The third-order valence-corrected chi connectivity index (χ3v) is 13.0. The van der Waals surface area contributed by atoms with Crippen LogP contribution < -0.4 is 10.2 Å². The molecular formula is C49H97N2O11P. The van der Waals surface area contributed by atoms with Gasteiger partial charge in [-0.2, -0.15) is 0 Å². The maximum atomic E-state index is 13.1. The first kappa shape index (κ1) is 60.1. The third kappa shape index (κ3) is 33.2. The zero-order valence-electron chi connectivity index (χ0n) is 40.9. The first-order valence-electron chi connectivity index (χ1n) is 25.4. The number of nitrogens with one attached hydrogen (secondary N) is 1. The third-order valence-electron chi connectivity index (χ3n) is 12.0. The highest BCUT2D eigenvalue weighted by molar-refractivity contribution is 7.45. The van der Waals surface area contributed by atoms with Gasteiger partial charge in [0.15, 0.2) is 6.29 Å². The lowest BCUT2D eigenvalue weighted by atomic mass is 9.99. The molecule has 14 heteroatoms. The van der Waals surface area contributed by atoms with Crippen molar-refractivity contribution < 1.29 is 57.7 Å². The minimum Gasteiger partial charge on any atom is -0.756 e. The molecule has 5 N–H and O–H groups in total. The molecule has 0 saturated carbocycles. The summed E-state index contributed by atoms with van der Waals surface area (Å²) in [5, 5.41) is 46.0. The topological polar surface area (TPSA) is 187 Å². The average molecular weight is 921 g/mol. The number of quaternary nitrogens is 1. The molecule has 374 valence electrons. The molecule has 1 aliphatic heterocycles. The second kappa shape index (κ2) is 37.1. The first-order chi connectivity index (χ1) is 30.1. The SMILES string of the molecule is CCCCCCCCCCCCCCCCCCCC(=O)N[C@@H](CO[C@@H]1O[C@H](COP(=O)([O-])OCC[N+](C)(C)C)[C@H](O)[C@H](O)[C@H]1O)[C@H](O)/C=C/CCCCCCCCCCC(C)C. The quantitative estimate of drug-likeness (QED) is 0.0170. The maximum Gasteiger partial charge on any atom is 0.268 e. The fourth-order valence-corrected chi connectivity index (χ4v) is 8.49. The monoisotopic (exact) mass is 921 g/mol. The first-order valence-corrected chi connectivity index (χ1v) is 26.9. The number of amides is 1. The number of aliphatic hydroxyl groups excluding tert-OH is 4. The summed E-state index contributed by atoms with van der Waals surface area (Å²) in [5.74, 6) is 0.541. The lowest BCUT2D eigenvalue weighted by molar-refractivity contribution is -0.870. The molecular weight excluding hydrogens is 824 g/mol. The molecule has 1 unspecified atom stereocenters. The van der Waals surface area contributed by atoms with E-state index >= 15 is 0 Å². The summed E-state index contributed by atoms with van der Waals surface area (Å²) in [6, 6.07) is -0.902. The second-order valence-electron chi connectivity index (χ2n) is 19.7. The van der Waals surface area contributed by atoms with Crippen molar-refractivity contribution in [2.24, 2.45) is 5.92 Å². The number of hydrogen-bond acceptors (Lipinski definition) is 11. The van der Waals surface area contributed by atoms with Gasteiger partial charge in [-0.3, -0.25) is 9.36 Å². The number of phosphoric acid groups is 1. The van der Waals surface area contributed by atoms with E-state index in [1.807, 2.05) is 27.2 Å². The van der Waals surface area contributed by atoms with Crippen LogP contribution in [0.5, 0.6) is 0 Å². The second-order valence-corrected chi connectivity index (χ2v) is 21.1. The largest absolute Gasteiger partial charge is 0.756 e. The van der Waals surface area contributed by atoms with Gasteiger partial charge in [-0.1, -0.05) is 187 Å². The number of aliphatic hydroxyl groups is 4. The number of carbonyl (C=O) groups excluding carboxylic acids is 1. The normalized spacial score (nSPS) is 21.6. The number of carbonyl (C=O) groups is 1. The average Bonchev–Trinajstić information content (AvgIpc) is 3.22. The van der Waals surface area contributed by atoms with Gasteiger partial charge in [0.1, 0.15) is 37.6 Å². The van der Waals surface area contributed by atoms with E-state index in [1.54, 1.807) is 6.08 Å². The number of rotatable bonds is 42. The van der Waals surface area contributed by atoms with Gasteiger partial charge < -0.3 is 53.6 Å². The molecule has 8 atom stereocenters. The lowest BCUT2D eigenvalue weighted by Crippen LogP contribution is -2.60. The van der Waals surface area contributed by atoms with E-state index in [9.17, 15) is 34.7 Å². The van der Waals surface area contributed by atoms with Crippen molar-refractivity contribution in [1.82, 2.24) is 5.32 Å². The Hall–Kier alpha value is -0.960. The van der Waals surface area contributed by atoms with E-state index < -0.39 is 57.3 Å². The molecule has 0 radical (unpaired) electrons. The Bertz CT molecular complexity index is 1170. The highest BCUT2D eigenvalue weighted by Crippen LogP contribution is 2.39. The fourth-order valence-electron chi connectivity index (χ4n) is 7.78. The van der Waals surface area contributed by atoms with Gasteiger partial charge >= 0.3 is 0 Å². The number of nitrogens with zero attached hydrogens (tertiary/aromatic N) is 1. The summed E-state index contributed by atoms with van der Waals surface area (Å²) in [7, 11) is 0.873. The van der Waals surface area contributed by atoms with E-state index in [1.165, 1.54) is 128 Å². The van der Waals surface area contributed by atoms with Gasteiger partial charge in [0.2, 0.25) is 5.91 Å². The number of ether oxygens (including phenoxy) is 2. The van der Waals surface area contributed by atoms with Gasteiger partial charge in [-0.15, -0.1) is 0 Å². The molecule has 1 fully saturated rings. The zero-order valence-corrected chi connectivity index (χ0v) is 41.8. The molecule has 1 aliphatic rings. The van der Waals surface area contributed by atoms with Gasteiger partial charge in [-0.25, -0.2) is 0 Å². The zero-order chi connectivity index (χ0) is 46.8. The van der Waals surface area contributed by atoms with Crippen LogP contribution in [0.3, 0.4) is 0 Å². The lowest BCUT2D eigenvalue weighted by Gasteiger charge is -2.41. The summed E-state index contributed by atoms with van der Waals surface area (Å²) in [6.45, 7) is 6.10. The van der Waals surface area contributed by atoms with Crippen LogP contribution in [0.2, 0.25) is 0 Å². The minimum absolute atomic E-state index is 0.117. The predicted octanol–water partition coefficient (Wildman–Crippen LogP) is 9.02. The van der Waals surface area contributed by atoms with Crippen LogP contribution in [0, 0.1) is 5.92 Å². The molecule has 0 bridgehead atoms. The number of likely N-dealkylation sites (N-methyl/N-ethyl adjacent to an activating group) is 1. The van der Waals surface area contributed by atoms with E-state index in [0.29, 0.717) is 17.4 Å². The Kier molecular flexibility index (Phi) is 35.3. The molecule has 0 aromatic rings. The van der Waals surface area contributed by atoms with Crippen LogP contribution in [0.15, 0.2) is 12.2 Å². The van der Waals surface area contributed by atoms with Crippen LogP contribution in [0.25, 0.3) is 0 Å². The van der Waals surface area contributed by atoms with Crippen LogP contribution in [0.1, 0.15) is 201 Å². The van der Waals surface area contributed by atoms with E-state index in [0.717, 1.165) is 50.9 Å². The standard InChI is InChI=1S/C49H97N2O11P/c1-7-8-9-10-11-12-13-14-15-16-17-18-19-24-27-30-33-36-45(53)50-42(43(52)35-32-29-26-23-21-20-22-25-28-31-34-41(2)3)39-59-49-48(56)47(55)46(54)44(62-49)40-61-63(57,58)60-38-37-51(4,5)6/h32,35,41-44,46-49,52,54-56H,7-31,33-34,36-40H2,1-6H3,(H-,50,53,57,58)/b35-32+/t42-,43+,44+,46-,47-,48+,49+/m0/s1. The van der Waals surface area contributed by atoms with Gasteiger partial charge in [0.25, 0.3) is 7.82 Å². The molecule has 0 aromatic carbocycles. The Morgan fingerprint density at radius 3 is 1.73 bits per heavy atom. The Morgan fingerprint density at radius 1 is 0.730 bits per heavy atom. The molecule has 0 aromatic heterocycles. The Morgan fingerprint density at radius 2 is 1.22 bits per heavy atom. The Labute approximate surface area is 384 Å². The number of unbranched alkanes of at least 4 members (excludes halogenated alkanes) is 24. The maximum absolute atomic E-state index is 13.1. The summed E-state index contributed by atoms with van der Waals surface area (Å²) in [4.78, 5) is 25.5. The molecule has 1 saturated heterocycles. The van der Waals surface area contributed by atoms with E-state index in [4.69, 9.17) is 18.5 Å². The van der Waals surface area contributed by atoms with Crippen LogP contribution in [0.4, 0.5) is 0 Å². The number of phosphoric ester groups is 1. The van der Waals surface area contributed by atoms with Gasteiger partial charge in [-0.05, 0) is 25.2 Å². The van der Waals surface area contributed by atoms with Crippen molar-refractivity contribution in [3.63, 3.8) is 0 Å². The number of allylic oxidation sites excluding steroid dienone is 1. The van der Waals surface area contributed by atoms with Crippen molar-refractivity contribution in [3.8, 4) is 0 Å². The van der Waals surface area contributed by atoms with Crippen molar-refractivity contribution in [3.05, 3.63) is 12.2 Å². The predicted molar refractivity (Wildman–Crippen MR) is 252 cm³/mol. The Balaban J connectivity index is 2.61. The van der Waals surface area contributed by atoms with Crippen LogP contribution in [-0.2, 0) is 27.9 Å². The summed E-state index contributed by atoms with van der Waals surface area (Å²) in [5.41, 5.74) is 0. The molecule has 63 heavy (non-hydrogen) atoms. The smallest absolute Gasteiger partial charge is 0.268 e. The van der Waals surface area contributed by atoms with Crippen LogP contribution in [-0.4, -0.2) is 121 Å². The van der Waals surface area contributed by atoms with E-state index in [-0.39, 0.29) is 19.1 Å². The molecule has 1 amide bonds. The molecule has 13 nitrogen and oxygen atoms in total. The summed E-state index contributed by atoms with van der Waals surface area (Å²) in [6.07, 6.45) is 27.8. The summed E-state index contributed by atoms with van der Waals surface area (Å²) < 4.78 is 34.2. The van der Waals surface area contributed by atoms with Gasteiger partial charge in [0, 0.05) is 6.42 Å². The van der Waals surface area contributed by atoms with E-state index in [2.05, 4.69) is 26.1 Å². The van der Waals surface area contributed by atoms with Crippen LogP contribution >= 0.6 is 7.82 Å². The summed E-state index contributed by atoms with van der Waals surface area (Å²) >= 11 is 0. The van der Waals surface area contributed by atoms with Crippen molar-refractivity contribution in [1.29, 1.82) is 0 Å². The fraction of sp³-hybridized carbons (Fsp3) is 0.939. The number of hydrogen-bond donors (Lipinski definition) is 5. The van der Waals surface area contributed by atoms with Crippen molar-refractivity contribution in [2.45, 2.75) is 243 Å². The van der Waals surface area contributed by atoms with Crippen molar-refractivity contribution >= 4 is 13.7 Å². The molecule has 0 spiro atoms. The highest BCUT2D eigenvalue weighted by Gasteiger charge is 2.45. The highest BCUT2D eigenvalue weighted by atomic mass is 31.2.